The van der Waals surface area contributed by atoms with Crippen LogP contribution in [-0.4, -0.2) is 29.9 Å². The van der Waals surface area contributed by atoms with Crippen LogP contribution in [0.15, 0.2) is 31.5 Å². The van der Waals surface area contributed by atoms with Gasteiger partial charge in [-0.3, -0.25) is 0 Å². The monoisotopic (exact) mass is 335 g/mol. The van der Waals surface area contributed by atoms with Crippen LogP contribution < -0.4 is 4.73 Å². The molecule has 24 heavy (non-hydrogen) atoms. The maximum absolute atomic E-state index is 13.7. The molecule has 0 aromatic carbocycles. The molecule has 3 rings (SSSR count). The molecule has 0 saturated carbocycles. The molecular weight excluding hydrogens is 327 g/mol. The number of alkyl halides is 3. The van der Waals surface area contributed by atoms with Gasteiger partial charge < -0.3 is 5.21 Å². The summed E-state index contributed by atoms with van der Waals surface area (Å²) < 4.78 is 41.5. The van der Waals surface area contributed by atoms with Crippen LogP contribution in [-0.2, 0) is 6.18 Å². The van der Waals surface area contributed by atoms with Crippen LogP contribution in [0.4, 0.5) is 13.2 Å². The predicted molar refractivity (Wildman–Crippen MR) is 72.8 cm³/mol. The summed E-state index contributed by atoms with van der Waals surface area (Å²) in [5, 5.41) is 12.1. The lowest BCUT2D eigenvalue weighted by Gasteiger charge is -2.17. The summed E-state index contributed by atoms with van der Waals surface area (Å²) in [6.07, 6.45) is 0.167. The van der Waals surface area contributed by atoms with Gasteiger partial charge in [0.05, 0.1) is 11.1 Å². The Balaban J connectivity index is 2.42. The highest BCUT2D eigenvalue weighted by Crippen LogP contribution is 2.41. The highest BCUT2D eigenvalue weighted by Gasteiger charge is 2.42. The summed E-state index contributed by atoms with van der Waals surface area (Å²) in [5.41, 5.74) is -2.23. The summed E-state index contributed by atoms with van der Waals surface area (Å²) in [6.45, 7) is 1.25. The second-order valence-corrected chi connectivity index (χ2v) is 4.63. The number of aromatic nitrogens is 7. The van der Waals surface area contributed by atoms with Gasteiger partial charge in [-0.1, -0.05) is 0 Å². The van der Waals surface area contributed by atoms with E-state index in [1.165, 1.54) is 6.92 Å². The van der Waals surface area contributed by atoms with Crippen molar-refractivity contribution in [2.75, 3.05) is 0 Å². The molecule has 0 aliphatic carbocycles. The largest absolute Gasteiger partial charge is 0.618 e. The van der Waals surface area contributed by atoms with Crippen LogP contribution in [0.2, 0.25) is 0 Å². The fourth-order valence-electron chi connectivity index (χ4n) is 2.19. The number of pyridine rings is 1. The third kappa shape index (κ3) is 2.71. The standard InChI is InChI=1S/C13H8F3N7O/c1-7-9(12-21-5-18-6-22-12)10(13(14,15)16)8(2-23(7)24)11-19-3-17-4-20-11/h2-6H,1H3. The van der Waals surface area contributed by atoms with Gasteiger partial charge in [0.25, 0.3) is 0 Å². The molecule has 0 saturated heterocycles. The van der Waals surface area contributed by atoms with E-state index in [2.05, 4.69) is 29.9 Å². The third-order valence-corrected chi connectivity index (χ3v) is 3.19. The number of halogens is 3. The predicted octanol–water partition coefficient (Wildman–Crippen LogP) is 1.35. The van der Waals surface area contributed by atoms with Crippen molar-refractivity contribution in [3.63, 3.8) is 0 Å². The Hall–Kier alpha value is -3.24. The third-order valence-electron chi connectivity index (χ3n) is 3.19. The Morgan fingerprint density at radius 3 is 1.92 bits per heavy atom. The van der Waals surface area contributed by atoms with E-state index in [0.717, 1.165) is 31.5 Å². The van der Waals surface area contributed by atoms with E-state index in [0.29, 0.717) is 4.73 Å². The molecule has 0 atom stereocenters. The molecule has 0 N–H and O–H groups in total. The van der Waals surface area contributed by atoms with E-state index in [1.54, 1.807) is 0 Å². The van der Waals surface area contributed by atoms with Gasteiger partial charge in [-0.25, -0.2) is 29.9 Å². The lowest BCUT2D eigenvalue weighted by Crippen LogP contribution is -2.33. The lowest BCUT2D eigenvalue weighted by atomic mass is 9.99. The highest BCUT2D eigenvalue weighted by atomic mass is 19.4. The molecule has 0 fully saturated rings. The Morgan fingerprint density at radius 2 is 1.42 bits per heavy atom. The summed E-state index contributed by atoms with van der Waals surface area (Å²) in [4.78, 5) is 22.0. The minimum Gasteiger partial charge on any atom is -0.618 e. The highest BCUT2D eigenvalue weighted by molar-refractivity contribution is 5.73. The molecule has 0 amide bonds. The van der Waals surface area contributed by atoms with E-state index in [-0.39, 0.29) is 17.3 Å². The van der Waals surface area contributed by atoms with Crippen molar-refractivity contribution >= 4 is 0 Å². The summed E-state index contributed by atoms with van der Waals surface area (Å²) in [6, 6.07) is 0. The average molecular weight is 335 g/mol. The van der Waals surface area contributed by atoms with Crippen molar-refractivity contribution in [1.29, 1.82) is 0 Å². The van der Waals surface area contributed by atoms with Crippen molar-refractivity contribution < 1.29 is 17.9 Å². The summed E-state index contributed by atoms with van der Waals surface area (Å²) >= 11 is 0. The Kier molecular flexibility index (Phi) is 3.75. The van der Waals surface area contributed by atoms with E-state index < -0.39 is 22.9 Å². The number of hydrogen-bond donors (Lipinski definition) is 0. The molecule has 0 aliphatic rings. The van der Waals surface area contributed by atoms with E-state index >= 15 is 0 Å². The quantitative estimate of drug-likeness (QED) is 0.514. The maximum Gasteiger partial charge on any atom is 0.418 e. The van der Waals surface area contributed by atoms with E-state index in [9.17, 15) is 18.4 Å². The Bertz CT molecular complexity index is 872. The molecule has 3 aromatic heterocycles. The van der Waals surface area contributed by atoms with Crippen LogP contribution in [0.25, 0.3) is 22.8 Å². The first kappa shape index (κ1) is 15.6. The van der Waals surface area contributed by atoms with Gasteiger partial charge in [0.1, 0.15) is 30.9 Å². The van der Waals surface area contributed by atoms with Crippen molar-refractivity contribution in [1.82, 2.24) is 29.9 Å². The molecule has 0 unspecified atom stereocenters. The molecule has 3 aromatic rings. The average Bonchev–Trinajstić information content (AvgIpc) is 2.57. The van der Waals surface area contributed by atoms with Gasteiger partial charge in [0.15, 0.2) is 17.8 Å². The first-order valence-corrected chi connectivity index (χ1v) is 6.48. The fraction of sp³-hybridized carbons (Fsp3) is 0.154. The zero-order chi connectivity index (χ0) is 17.3. The van der Waals surface area contributed by atoms with E-state index in [1.807, 2.05) is 0 Å². The second-order valence-electron chi connectivity index (χ2n) is 4.63. The van der Waals surface area contributed by atoms with Crippen LogP contribution in [0.1, 0.15) is 11.3 Å². The van der Waals surface area contributed by atoms with Crippen LogP contribution in [0.3, 0.4) is 0 Å². The first-order chi connectivity index (χ1) is 11.4. The Morgan fingerprint density at radius 1 is 0.917 bits per heavy atom. The lowest BCUT2D eigenvalue weighted by molar-refractivity contribution is -0.611. The smallest absolute Gasteiger partial charge is 0.418 e. The molecule has 11 heteroatoms. The number of nitrogens with zero attached hydrogens (tertiary/aromatic N) is 7. The molecular formula is C13H8F3N7O. The van der Waals surface area contributed by atoms with Gasteiger partial charge in [-0.2, -0.15) is 17.9 Å². The number of rotatable bonds is 2. The van der Waals surface area contributed by atoms with Crippen molar-refractivity contribution in [2.45, 2.75) is 13.1 Å². The normalized spacial score (nSPS) is 11.5. The molecule has 0 radical (unpaired) electrons. The van der Waals surface area contributed by atoms with Gasteiger partial charge >= 0.3 is 6.18 Å². The second kappa shape index (κ2) is 5.76. The zero-order valence-corrected chi connectivity index (χ0v) is 12.1. The molecule has 8 nitrogen and oxygen atoms in total. The van der Waals surface area contributed by atoms with Crippen LogP contribution in [0.5, 0.6) is 0 Å². The number of hydrogen-bond acceptors (Lipinski definition) is 7. The maximum atomic E-state index is 13.7. The van der Waals surface area contributed by atoms with Crippen LogP contribution >= 0.6 is 0 Å². The van der Waals surface area contributed by atoms with Crippen LogP contribution in [0, 0.1) is 12.1 Å². The first-order valence-electron chi connectivity index (χ1n) is 6.48. The zero-order valence-electron chi connectivity index (χ0n) is 12.1. The molecule has 3 heterocycles. The van der Waals surface area contributed by atoms with Crippen molar-refractivity contribution in [2.24, 2.45) is 0 Å². The fourth-order valence-corrected chi connectivity index (χ4v) is 2.19. The van der Waals surface area contributed by atoms with Crippen molar-refractivity contribution in [3.8, 4) is 22.8 Å². The SMILES string of the molecule is Cc1c(-c2ncncn2)c(C(F)(F)F)c(-c2ncncn2)c[n+]1[O-]. The van der Waals surface area contributed by atoms with E-state index in [4.69, 9.17) is 0 Å². The van der Waals surface area contributed by atoms with Crippen molar-refractivity contribution in [3.05, 3.63) is 48.0 Å². The molecule has 122 valence electrons. The van der Waals surface area contributed by atoms with Gasteiger partial charge in [0, 0.05) is 6.92 Å². The summed E-state index contributed by atoms with van der Waals surface area (Å²) in [5.74, 6) is -0.549. The van der Waals surface area contributed by atoms with Gasteiger partial charge in [-0.05, 0) is 0 Å². The molecule has 0 spiro atoms. The Labute approximate surface area is 132 Å². The molecule has 0 aliphatic heterocycles. The van der Waals surface area contributed by atoms with Gasteiger partial charge in [-0.15, -0.1) is 0 Å². The minimum atomic E-state index is -4.79. The van der Waals surface area contributed by atoms with Gasteiger partial charge in [0.2, 0.25) is 5.69 Å². The molecule has 0 bridgehead atoms. The summed E-state index contributed by atoms with van der Waals surface area (Å²) in [7, 11) is 0. The topological polar surface area (TPSA) is 104 Å². The minimum absolute atomic E-state index is 0.202.